The molecule has 1 aromatic heterocycles. The topological polar surface area (TPSA) is 130 Å². The number of thioether (sulfide) groups is 1. The number of hydrogen-bond donors (Lipinski definition) is 2. The first-order valence-corrected chi connectivity index (χ1v) is 15.3. The number of amides is 2. The number of carbonyl (C=O) groups is 2. The lowest BCUT2D eigenvalue weighted by molar-refractivity contribution is -0.118. The Bertz CT molecular complexity index is 1770. The van der Waals surface area contributed by atoms with Crippen molar-refractivity contribution in [3.8, 4) is 23.0 Å². The molecule has 3 aromatic carbocycles. The Balaban J connectivity index is 1.18. The van der Waals surface area contributed by atoms with Gasteiger partial charge in [-0.15, -0.1) is 0 Å². The molecule has 2 N–H and O–H groups in total. The number of nitrogens with one attached hydrogen (secondary N) is 2. The minimum atomic E-state index is -0.262. The van der Waals surface area contributed by atoms with Crippen LogP contribution in [-0.4, -0.2) is 47.2 Å². The first-order chi connectivity index (χ1) is 21.3. The van der Waals surface area contributed by atoms with Crippen molar-refractivity contribution in [3.05, 3.63) is 81.6 Å². The van der Waals surface area contributed by atoms with Crippen molar-refractivity contribution in [1.29, 1.82) is 0 Å². The van der Waals surface area contributed by atoms with Crippen LogP contribution in [0.5, 0.6) is 23.0 Å². The maximum Gasteiger partial charge on any atom is 0.262 e. The monoisotopic (exact) mass is 616 g/mol. The largest absolute Gasteiger partial charge is 0.454 e. The van der Waals surface area contributed by atoms with E-state index < -0.39 is 0 Å². The van der Waals surface area contributed by atoms with Gasteiger partial charge in [0.05, 0.1) is 23.2 Å². The standard InChI is InChI=1S/C32H32N4O7S/c1-19(2)9-10-33-29(37)16-44-32-35-24-13-28-27(42-18-43-28)12-23(24)31(39)36(32)15-20-3-6-22(7-4-20)30(38)34-14-21-5-8-25-26(11-21)41-17-40-25/h3-8,11-13,19H,9-10,14-18H2,1-2H3,(H,33,37)(H,34,38). The van der Waals surface area contributed by atoms with E-state index in [1.54, 1.807) is 41.0 Å². The van der Waals surface area contributed by atoms with Crippen LogP contribution in [0.15, 0.2) is 64.5 Å². The van der Waals surface area contributed by atoms with Crippen molar-refractivity contribution in [1.82, 2.24) is 20.2 Å². The van der Waals surface area contributed by atoms with Gasteiger partial charge in [-0.25, -0.2) is 4.98 Å². The molecule has 3 heterocycles. The third-order valence-electron chi connectivity index (χ3n) is 7.24. The Kier molecular flexibility index (Phi) is 8.60. The van der Waals surface area contributed by atoms with Crippen LogP contribution in [0.4, 0.5) is 0 Å². The summed E-state index contributed by atoms with van der Waals surface area (Å²) in [7, 11) is 0. The molecule has 2 amide bonds. The normalized spacial score (nSPS) is 13.0. The zero-order valence-corrected chi connectivity index (χ0v) is 25.2. The van der Waals surface area contributed by atoms with Gasteiger partial charge in [-0.05, 0) is 53.8 Å². The molecule has 0 bridgehead atoms. The van der Waals surface area contributed by atoms with Gasteiger partial charge in [0.25, 0.3) is 11.5 Å². The van der Waals surface area contributed by atoms with Crippen molar-refractivity contribution in [2.75, 3.05) is 25.9 Å². The van der Waals surface area contributed by atoms with Gasteiger partial charge >= 0.3 is 0 Å². The predicted octanol–water partition coefficient (Wildman–Crippen LogP) is 4.09. The predicted molar refractivity (Wildman–Crippen MR) is 165 cm³/mol. The Morgan fingerprint density at radius 1 is 0.886 bits per heavy atom. The van der Waals surface area contributed by atoms with E-state index in [0.717, 1.165) is 17.5 Å². The average molecular weight is 617 g/mol. The van der Waals surface area contributed by atoms with Gasteiger partial charge in [0.1, 0.15) is 0 Å². The summed E-state index contributed by atoms with van der Waals surface area (Å²) in [5.41, 5.74) is 2.38. The summed E-state index contributed by atoms with van der Waals surface area (Å²) in [6.07, 6.45) is 0.884. The highest BCUT2D eigenvalue weighted by Crippen LogP contribution is 2.35. The molecule has 0 atom stereocenters. The van der Waals surface area contributed by atoms with Crippen LogP contribution in [0.25, 0.3) is 10.9 Å². The lowest BCUT2D eigenvalue weighted by Crippen LogP contribution is -2.28. The van der Waals surface area contributed by atoms with E-state index in [4.69, 9.17) is 23.9 Å². The molecule has 228 valence electrons. The lowest BCUT2D eigenvalue weighted by atomic mass is 10.1. The summed E-state index contributed by atoms with van der Waals surface area (Å²) >= 11 is 1.20. The average Bonchev–Trinajstić information content (AvgIpc) is 3.68. The SMILES string of the molecule is CC(C)CCNC(=O)CSc1nc2cc3c(cc2c(=O)n1Cc1ccc(C(=O)NCc2ccc4c(c2)OCO4)cc1)OCO3. The fourth-order valence-electron chi connectivity index (χ4n) is 4.80. The van der Waals surface area contributed by atoms with Crippen molar-refractivity contribution in [3.63, 3.8) is 0 Å². The first kappa shape index (κ1) is 29.4. The van der Waals surface area contributed by atoms with Crippen LogP contribution in [-0.2, 0) is 17.9 Å². The highest BCUT2D eigenvalue weighted by atomic mass is 32.2. The Hall–Kier alpha value is -4.71. The second kappa shape index (κ2) is 12.9. The molecule has 0 radical (unpaired) electrons. The Labute approximate surface area is 257 Å². The van der Waals surface area contributed by atoms with E-state index in [1.807, 2.05) is 18.2 Å². The highest BCUT2D eigenvalue weighted by Gasteiger charge is 2.20. The van der Waals surface area contributed by atoms with Gasteiger partial charge in [-0.3, -0.25) is 19.0 Å². The van der Waals surface area contributed by atoms with Gasteiger partial charge < -0.3 is 29.6 Å². The summed E-state index contributed by atoms with van der Waals surface area (Å²) in [6.45, 7) is 5.60. The van der Waals surface area contributed by atoms with Crippen LogP contribution >= 0.6 is 11.8 Å². The fraction of sp³-hybridized carbons (Fsp3) is 0.312. The molecule has 0 spiro atoms. The van der Waals surface area contributed by atoms with Crippen LogP contribution in [0.3, 0.4) is 0 Å². The Morgan fingerprint density at radius 2 is 1.57 bits per heavy atom. The summed E-state index contributed by atoms with van der Waals surface area (Å²) in [5.74, 6) is 2.61. The van der Waals surface area contributed by atoms with Crippen LogP contribution in [0, 0.1) is 5.92 Å². The van der Waals surface area contributed by atoms with E-state index in [9.17, 15) is 14.4 Å². The molecular weight excluding hydrogens is 584 g/mol. The molecule has 0 fully saturated rings. The molecule has 0 saturated heterocycles. The minimum absolute atomic E-state index is 0.0780. The Morgan fingerprint density at radius 3 is 2.32 bits per heavy atom. The van der Waals surface area contributed by atoms with E-state index in [2.05, 4.69) is 24.5 Å². The molecule has 2 aliphatic rings. The second-order valence-corrected chi connectivity index (χ2v) is 11.8. The van der Waals surface area contributed by atoms with Gasteiger partial charge in [-0.1, -0.05) is 43.8 Å². The van der Waals surface area contributed by atoms with Gasteiger partial charge in [0, 0.05) is 24.7 Å². The molecule has 44 heavy (non-hydrogen) atoms. The molecule has 0 aliphatic carbocycles. The number of nitrogens with zero attached hydrogens (tertiary/aromatic N) is 2. The summed E-state index contributed by atoms with van der Waals surface area (Å²) in [6, 6.07) is 15.9. The van der Waals surface area contributed by atoms with Crippen LogP contribution in [0.1, 0.15) is 41.8 Å². The molecular formula is C32H32N4O7S. The summed E-state index contributed by atoms with van der Waals surface area (Å²) < 4.78 is 23.2. The third kappa shape index (κ3) is 6.60. The van der Waals surface area contributed by atoms with E-state index >= 15 is 0 Å². The van der Waals surface area contributed by atoms with Crippen molar-refractivity contribution >= 4 is 34.5 Å². The van der Waals surface area contributed by atoms with E-state index in [0.29, 0.717) is 63.6 Å². The number of rotatable bonds is 11. The zero-order chi connectivity index (χ0) is 30.6. The van der Waals surface area contributed by atoms with Gasteiger partial charge in [0.2, 0.25) is 19.5 Å². The van der Waals surface area contributed by atoms with E-state index in [-0.39, 0.29) is 43.3 Å². The molecule has 6 rings (SSSR count). The maximum absolute atomic E-state index is 13.7. The smallest absolute Gasteiger partial charge is 0.262 e. The first-order valence-electron chi connectivity index (χ1n) is 14.3. The summed E-state index contributed by atoms with van der Waals surface area (Å²) in [4.78, 5) is 43.8. The van der Waals surface area contributed by atoms with E-state index in [1.165, 1.54) is 11.8 Å². The maximum atomic E-state index is 13.7. The fourth-order valence-corrected chi connectivity index (χ4v) is 5.63. The third-order valence-corrected chi connectivity index (χ3v) is 8.21. The summed E-state index contributed by atoms with van der Waals surface area (Å²) in [5, 5.41) is 6.64. The zero-order valence-electron chi connectivity index (χ0n) is 24.4. The van der Waals surface area contributed by atoms with Crippen molar-refractivity contribution in [2.24, 2.45) is 5.92 Å². The van der Waals surface area contributed by atoms with Crippen LogP contribution < -0.4 is 35.1 Å². The number of benzene rings is 3. The highest BCUT2D eigenvalue weighted by molar-refractivity contribution is 7.99. The van der Waals surface area contributed by atoms with Crippen molar-refractivity contribution < 1.29 is 28.5 Å². The van der Waals surface area contributed by atoms with Crippen LogP contribution in [0.2, 0.25) is 0 Å². The molecule has 0 unspecified atom stereocenters. The molecule has 4 aromatic rings. The molecule has 11 nitrogen and oxygen atoms in total. The number of hydrogen-bond acceptors (Lipinski definition) is 9. The second-order valence-electron chi connectivity index (χ2n) is 10.9. The van der Waals surface area contributed by atoms with Gasteiger partial charge in [0.15, 0.2) is 28.2 Å². The molecule has 2 aliphatic heterocycles. The molecule has 0 saturated carbocycles. The lowest BCUT2D eigenvalue weighted by Gasteiger charge is -2.14. The number of carbonyl (C=O) groups excluding carboxylic acids is 2. The number of ether oxygens (including phenoxy) is 4. The molecule has 12 heteroatoms. The number of aromatic nitrogens is 2. The minimum Gasteiger partial charge on any atom is -0.454 e. The number of fused-ring (bicyclic) bond motifs is 3. The quantitative estimate of drug-likeness (QED) is 0.189. The van der Waals surface area contributed by atoms with Gasteiger partial charge in [-0.2, -0.15) is 0 Å². The van der Waals surface area contributed by atoms with Crippen molar-refractivity contribution in [2.45, 2.75) is 38.5 Å².